The van der Waals surface area contributed by atoms with E-state index < -0.39 is 0 Å². The third-order valence-electron chi connectivity index (χ3n) is 5.40. The predicted octanol–water partition coefficient (Wildman–Crippen LogP) is 5.48. The van der Waals surface area contributed by atoms with Crippen molar-refractivity contribution < 1.29 is 4.79 Å². The third kappa shape index (κ3) is 5.88. The van der Waals surface area contributed by atoms with Gasteiger partial charge in [-0.25, -0.2) is 4.98 Å². The first kappa shape index (κ1) is 22.3. The van der Waals surface area contributed by atoms with Crippen molar-refractivity contribution in [1.82, 2.24) is 9.88 Å². The zero-order valence-electron chi connectivity index (χ0n) is 17.5. The molecule has 32 heavy (non-hydrogen) atoms. The largest absolute Gasteiger partial charge is 0.367 e. The molecule has 0 aliphatic carbocycles. The monoisotopic (exact) mass is 466 g/mol. The lowest BCUT2D eigenvalue weighted by molar-refractivity contribution is 0.102. The molecule has 1 aliphatic rings. The molecule has 1 saturated heterocycles. The van der Waals surface area contributed by atoms with E-state index in [2.05, 4.69) is 32.3 Å². The zero-order valence-corrected chi connectivity index (χ0v) is 19.1. The third-order valence-corrected chi connectivity index (χ3v) is 5.86. The van der Waals surface area contributed by atoms with Crippen molar-refractivity contribution in [3.05, 3.63) is 94.2 Å². The molecule has 2 aromatic carbocycles. The fraction of sp³-hybridized carbons (Fsp3) is 0.200. The number of nitrogens with one attached hydrogen (secondary N) is 1. The second-order valence-corrected chi connectivity index (χ2v) is 8.40. The van der Waals surface area contributed by atoms with Gasteiger partial charge in [-0.2, -0.15) is 0 Å². The molecule has 2 heterocycles. The van der Waals surface area contributed by atoms with Crippen LogP contribution in [0.5, 0.6) is 0 Å². The molecule has 0 saturated carbocycles. The Bertz CT molecular complexity index is 1090. The summed E-state index contributed by atoms with van der Waals surface area (Å²) in [6.07, 6.45) is 5.84. The lowest BCUT2D eigenvalue weighted by atomic mass is 10.2. The molecule has 1 N–H and O–H groups in total. The average Bonchev–Trinajstić information content (AvgIpc) is 2.81. The molecule has 5 nitrogen and oxygen atoms in total. The number of carbonyl (C=O) groups excluding carboxylic acids is 1. The van der Waals surface area contributed by atoms with Crippen LogP contribution in [0.2, 0.25) is 10.2 Å². The lowest BCUT2D eigenvalue weighted by Crippen LogP contribution is -2.46. The summed E-state index contributed by atoms with van der Waals surface area (Å²) in [4.78, 5) is 21.3. The first-order chi connectivity index (χ1) is 15.6. The molecule has 1 aromatic heterocycles. The van der Waals surface area contributed by atoms with E-state index in [0.29, 0.717) is 10.7 Å². The quantitative estimate of drug-likeness (QED) is 0.488. The molecule has 164 valence electrons. The van der Waals surface area contributed by atoms with Crippen molar-refractivity contribution in [2.24, 2.45) is 0 Å². The minimum absolute atomic E-state index is 0.201. The maximum absolute atomic E-state index is 12.7. The molecule has 0 unspecified atom stereocenters. The van der Waals surface area contributed by atoms with E-state index in [9.17, 15) is 4.79 Å². The van der Waals surface area contributed by atoms with E-state index in [0.717, 1.165) is 54.7 Å². The summed E-state index contributed by atoms with van der Waals surface area (Å²) in [7, 11) is 0. The van der Waals surface area contributed by atoms with Gasteiger partial charge in [-0.15, -0.1) is 0 Å². The Morgan fingerprint density at radius 2 is 1.75 bits per heavy atom. The van der Waals surface area contributed by atoms with E-state index in [4.69, 9.17) is 23.2 Å². The van der Waals surface area contributed by atoms with Gasteiger partial charge < -0.3 is 10.2 Å². The molecular weight excluding hydrogens is 443 g/mol. The van der Waals surface area contributed by atoms with Crippen molar-refractivity contribution in [3.8, 4) is 0 Å². The van der Waals surface area contributed by atoms with Crippen LogP contribution in [-0.4, -0.2) is 48.5 Å². The highest BCUT2D eigenvalue weighted by molar-refractivity contribution is 6.30. The van der Waals surface area contributed by atoms with Gasteiger partial charge in [0.2, 0.25) is 0 Å². The first-order valence-electron chi connectivity index (χ1n) is 10.5. The van der Waals surface area contributed by atoms with Gasteiger partial charge >= 0.3 is 0 Å². The Labute approximate surface area is 198 Å². The van der Waals surface area contributed by atoms with Gasteiger partial charge in [-0.05, 0) is 42.0 Å². The van der Waals surface area contributed by atoms with Crippen molar-refractivity contribution in [1.29, 1.82) is 0 Å². The van der Waals surface area contributed by atoms with Gasteiger partial charge in [0.05, 0.1) is 11.4 Å². The number of pyridine rings is 1. The molecule has 3 aromatic rings. The minimum atomic E-state index is -0.201. The van der Waals surface area contributed by atoms with Gasteiger partial charge in [0.15, 0.2) is 0 Å². The van der Waals surface area contributed by atoms with Gasteiger partial charge in [-0.1, -0.05) is 59.6 Å². The Hall–Kier alpha value is -2.86. The van der Waals surface area contributed by atoms with Crippen LogP contribution in [-0.2, 0) is 0 Å². The predicted molar refractivity (Wildman–Crippen MR) is 133 cm³/mol. The van der Waals surface area contributed by atoms with Crippen LogP contribution in [0.15, 0.2) is 72.9 Å². The maximum Gasteiger partial charge on any atom is 0.255 e. The normalized spacial score (nSPS) is 14.6. The number of benzene rings is 2. The van der Waals surface area contributed by atoms with Crippen molar-refractivity contribution in [2.75, 3.05) is 42.9 Å². The van der Waals surface area contributed by atoms with Crippen LogP contribution in [0.3, 0.4) is 0 Å². The number of hydrogen-bond acceptors (Lipinski definition) is 4. The highest BCUT2D eigenvalue weighted by Gasteiger charge is 2.19. The van der Waals surface area contributed by atoms with Crippen molar-refractivity contribution in [2.45, 2.75) is 0 Å². The number of hydrogen-bond donors (Lipinski definition) is 1. The van der Waals surface area contributed by atoms with Gasteiger partial charge in [0.1, 0.15) is 5.15 Å². The molecule has 0 radical (unpaired) electrons. The second-order valence-electron chi connectivity index (χ2n) is 7.58. The smallest absolute Gasteiger partial charge is 0.255 e. The topological polar surface area (TPSA) is 48.5 Å². The van der Waals surface area contributed by atoms with E-state index in [1.54, 1.807) is 12.1 Å². The summed E-state index contributed by atoms with van der Waals surface area (Å²) in [5.41, 5.74) is 3.45. The molecule has 1 aliphatic heterocycles. The molecule has 7 heteroatoms. The molecule has 4 rings (SSSR count). The Kier molecular flexibility index (Phi) is 7.43. The van der Waals surface area contributed by atoms with E-state index in [1.165, 1.54) is 6.20 Å². The standard InChI is InChI=1S/C25H24Cl2N4O/c26-21-9-7-19(8-10-21)4-3-13-30-14-16-31(17-15-30)23-6-2-1-5-22(23)29-25(32)20-11-12-28-24(27)18-20/h1-12,18H,13-17H2,(H,29,32). The summed E-state index contributed by atoms with van der Waals surface area (Å²) in [5.74, 6) is -0.201. The van der Waals surface area contributed by atoms with E-state index >= 15 is 0 Å². The zero-order chi connectivity index (χ0) is 22.3. The second kappa shape index (κ2) is 10.6. The first-order valence-corrected chi connectivity index (χ1v) is 11.3. The van der Waals surface area contributed by atoms with E-state index in [1.807, 2.05) is 48.5 Å². The number of nitrogens with zero attached hydrogens (tertiary/aromatic N) is 3. The fourth-order valence-electron chi connectivity index (χ4n) is 3.68. The summed E-state index contributed by atoms with van der Waals surface area (Å²) < 4.78 is 0. The SMILES string of the molecule is O=C(Nc1ccccc1N1CCN(CC=Cc2ccc(Cl)cc2)CC1)c1ccnc(Cl)c1. The molecule has 0 spiro atoms. The Balaban J connectivity index is 1.34. The van der Waals surface area contributed by atoms with Gasteiger partial charge in [-0.3, -0.25) is 9.69 Å². The molecule has 1 fully saturated rings. The fourth-order valence-corrected chi connectivity index (χ4v) is 3.98. The summed E-state index contributed by atoms with van der Waals surface area (Å²) in [5, 5.41) is 4.07. The number of para-hydroxylation sites is 2. The van der Waals surface area contributed by atoms with Crippen molar-refractivity contribution >= 4 is 46.6 Å². The average molecular weight is 467 g/mol. The van der Waals surface area contributed by atoms with E-state index in [-0.39, 0.29) is 5.91 Å². The van der Waals surface area contributed by atoms with Crippen LogP contribution in [0, 0.1) is 0 Å². The Morgan fingerprint density at radius 1 is 1.00 bits per heavy atom. The number of rotatable bonds is 6. The Morgan fingerprint density at radius 3 is 2.50 bits per heavy atom. The molecular formula is C25H24Cl2N4O. The summed E-state index contributed by atoms with van der Waals surface area (Å²) in [6.45, 7) is 4.59. The number of carbonyl (C=O) groups is 1. The van der Waals surface area contributed by atoms with Crippen LogP contribution in [0.4, 0.5) is 11.4 Å². The number of amides is 1. The van der Waals surface area contributed by atoms with Gasteiger partial charge in [0.25, 0.3) is 5.91 Å². The molecule has 1 amide bonds. The van der Waals surface area contributed by atoms with Crippen LogP contribution >= 0.6 is 23.2 Å². The van der Waals surface area contributed by atoms with Crippen molar-refractivity contribution in [3.63, 3.8) is 0 Å². The summed E-state index contributed by atoms with van der Waals surface area (Å²) in [6, 6.07) is 19.0. The highest BCUT2D eigenvalue weighted by Crippen LogP contribution is 2.27. The maximum atomic E-state index is 12.7. The number of piperazine rings is 1. The highest BCUT2D eigenvalue weighted by atomic mass is 35.5. The number of halogens is 2. The molecule has 0 atom stereocenters. The lowest BCUT2D eigenvalue weighted by Gasteiger charge is -2.36. The van der Waals surface area contributed by atoms with Crippen LogP contribution < -0.4 is 10.2 Å². The van der Waals surface area contributed by atoms with Crippen LogP contribution in [0.1, 0.15) is 15.9 Å². The number of aromatic nitrogens is 1. The minimum Gasteiger partial charge on any atom is -0.367 e. The number of anilines is 2. The summed E-state index contributed by atoms with van der Waals surface area (Å²) >= 11 is 11.9. The van der Waals surface area contributed by atoms with Crippen LogP contribution in [0.25, 0.3) is 6.08 Å². The van der Waals surface area contributed by atoms with Gasteiger partial charge in [0, 0.05) is 49.5 Å². The molecule has 0 bridgehead atoms.